The molecule has 3 aromatic carbocycles. The molecular weight excluding hydrogens is 386 g/mol. The topological polar surface area (TPSA) is 70.6 Å². The summed E-state index contributed by atoms with van der Waals surface area (Å²) in [5, 5.41) is 7.21. The Morgan fingerprint density at radius 1 is 0.774 bits per heavy atom. The lowest BCUT2D eigenvalue weighted by Gasteiger charge is -2.18. The summed E-state index contributed by atoms with van der Waals surface area (Å²) in [7, 11) is 0. The minimum Gasteiger partial charge on any atom is -0.326 e. The number of hydrazone groups is 1. The monoisotopic (exact) mass is 413 g/mol. The fraction of sp³-hybridized carbons (Fsp3) is 0.192. The number of carbonyl (C=O) groups is 2. The van der Waals surface area contributed by atoms with Crippen LogP contribution in [-0.2, 0) is 4.79 Å². The Bertz CT molecular complexity index is 1000. The average molecular weight is 414 g/mol. The second-order valence-corrected chi connectivity index (χ2v) is 7.67. The second kappa shape index (κ2) is 10.3. The number of nitrogens with one attached hydrogen (secondary N) is 2. The molecule has 0 aliphatic carbocycles. The molecule has 0 aromatic heterocycles. The van der Waals surface area contributed by atoms with Crippen molar-refractivity contribution in [1.82, 2.24) is 5.43 Å². The van der Waals surface area contributed by atoms with Crippen molar-refractivity contribution in [2.24, 2.45) is 11.0 Å². The molecule has 3 aromatic rings. The zero-order valence-corrected chi connectivity index (χ0v) is 18.0. The van der Waals surface area contributed by atoms with Crippen molar-refractivity contribution >= 4 is 23.2 Å². The predicted molar refractivity (Wildman–Crippen MR) is 125 cm³/mol. The third kappa shape index (κ3) is 5.89. The molecule has 0 radical (unpaired) electrons. The number of rotatable bonds is 7. The van der Waals surface area contributed by atoms with E-state index in [-0.39, 0.29) is 23.7 Å². The van der Waals surface area contributed by atoms with Crippen LogP contribution in [0.2, 0.25) is 0 Å². The quantitative estimate of drug-likeness (QED) is 0.412. The summed E-state index contributed by atoms with van der Waals surface area (Å²) in [6, 6.07) is 26.9. The van der Waals surface area contributed by atoms with Gasteiger partial charge in [-0.2, -0.15) is 5.10 Å². The van der Waals surface area contributed by atoms with E-state index < -0.39 is 0 Å². The Morgan fingerprint density at radius 3 is 1.77 bits per heavy atom. The van der Waals surface area contributed by atoms with E-state index in [0.717, 1.165) is 16.8 Å². The molecule has 0 aliphatic heterocycles. The minimum atomic E-state index is -0.305. The Kier molecular flexibility index (Phi) is 7.33. The smallest absolute Gasteiger partial charge is 0.271 e. The van der Waals surface area contributed by atoms with Crippen LogP contribution in [0.25, 0.3) is 0 Å². The Balaban J connectivity index is 1.74. The highest BCUT2D eigenvalue weighted by atomic mass is 16.2. The fourth-order valence-corrected chi connectivity index (χ4v) is 3.23. The van der Waals surface area contributed by atoms with Crippen LogP contribution < -0.4 is 10.7 Å². The number of benzene rings is 3. The second-order valence-electron chi connectivity index (χ2n) is 7.67. The number of amides is 2. The van der Waals surface area contributed by atoms with Crippen LogP contribution in [-0.4, -0.2) is 17.5 Å². The highest BCUT2D eigenvalue weighted by Gasteiger charge is 2.18. The van der Waals surface area contributed by atoms with Crippen LogP contribution in [0.5, 0.6) is 0 Å². The maximum atomic E-state index is 12.6. The summed E-state index contributed by atoms with van der Waals surface area (Å²) in [6.45, 7) is 5.57. The first-order valence-corrected chi connectivity index (χ1v) is 10.3. The lowest BCUT2D eigenvalue weighted by Crippen LogP contribution is -2.22. The van der Waals surface area contributed by atoms with Crippen molar-refractivity contribution in [1.29, 1.82) is 0 Å². The summed E-state index contributed by atoms with van der Waals surface area (Å²) < 4.78 is 0. The van der Waals surface area contributed by atoms with Crippen molar-refractivity contribution in [3.8, 4) is 0 Å². The van der Waals surface area contributed by atoms with Crippen LogP contribution in [0.3, 0.4) is 0 Å². The van der Waals surface area contributed by atoms with Gasteiger partial charge in [-0.25, -0.2) is 5.43 Å². The molecule has 0 saturated carbocycles. The minimum absolute atomic E-state index is 0.0590. The Hall–Kier alpha value is -3.73. The molecule has 3 rings (SSSR count). The summed E-state index contributed by atoms with van der Waals surface area (Å²) >= 11 is 0. The van der Waals surface area contributed by atoms with E-state index >= 15 is 0 Å². The molecule has 0 aliphatic rings. The molecule has 0 spiro atoms. The number of hydrogen-bond donors (Lipinski definition) is 2. The van der Waals surface area contributed by atoms with Crippen LogP contribution >= 0.6 is 0 Å². The summed E-state index contributed by atoms with van der Waals surface area (Å²) in [4.78, 5) is 24.4. The molecule has 5 nitrogen and oxygen atoms in total. The van der Waals surface area contributed by atoms with E-state index in [1.54, 1.807) is 24.3 Å². The van der Waals surface area contributed by atoms with Gasteiger partial charge in [-0.05, 0) is 42.3 Å². The standard InChI is InChI=1S/C26H27N3O2/c1-18(2)25(30)27-23-16-14-22(15-17-23)26(31)29-28-19(3)24(20-10-6-4-7-11-20)21-12-8-5-9-13-21/h4-18,24H,1-3H3,(H,27,30)(H,29,31)/b28-19+. The molecule has 2 amide bonds. The number of carbonyl (C=O) groups excluding carboxylic acids is 2. The maximum Gasteiger partial charge on any atom is 0.271 e. The van der Waals surface area contributed by atoms with Crippen LogP contribution in [0, 0.1) is 5.92 Å². The highest BCUT2D eigenvalue weighted by Crippen LogP contribution is 2.26. The molecule has 158 valence electrons. The predicted octanol–water partition coefficient (Wildman–Crippen LogP) is 5.22. The maximum absolute atomic E-state index is 12.6. The Labute approximate surface area is 183 Å². The van der Waals surface area contributed by atoms with E-state index in [4.69, 9.17) is 0 Å². The summed E-state index contributed by atoms with van der Waals surface area (Å²) in [5.41, 5.74) is 6.78. The molecule has 0 unspecified atom stereocenters. The molecule has 0 heterocycles. The van der Waals surface area contributed by atoms with Gasteiger partial charge in [0.2, 0.25) is 5.91 Å². The van der Waals surface area contributed by atoms with Gasteiger partial charge in [0.1, 0.15) is 0 Å². The van der Waals surface area contributed by atoms with E-state index in [1.807, 2.05) is 57.2 Å². The SMILES string of the molecule is C/C(=N\NC(=O)c1ccc(NC(=O)C(C)C)cc1)C(c1ccccc1)c1ccccc1. The van der Waals surface area contributed by atoms with Crippen molar-refractivity contribution in [3.63, 3.8) is 0 Å². The first-order chi connectivity index (χ1) is 15.0. The molecule has 0 atom stereocenters. The molecule has 0 bridgehead atoms. The van der Waals surface area contributed by atoms with Crippen LogP contribution in [0.15, 0.2) is 90.0 Å². The van der Waals surface area contributed by atoms with Gasteiger partial charge in [-0.1, -0.05) is 74.5 Å². The van der Waals surface area contributed by atoms with E-state index in [0.29, 0.717) is 11.3 Å². The largest absolute Gasteiger partial charge is 0.326 e. The molecule has 5 heteroatoms. The van der Waals surface area contributed by atoms with Gasteiger partial charge >= 0.3 is 0 Å². The average Bonchev–Trinajstić information content (AvgIpc) is 2.79. The lowest BCUT2D eigenvalue weighted by atomic mass is 9.88. The van der Waals surface area contributed by atoms with Crippen molar-refractivity contribution in [2.45, 2.75) is 26.7 Å². The first kappa shape index (κ1) is 22.0. The molecule has 31 heavy (non-hydrogen) atoms. The highest BCUT2D eigenvalue weighted by molar-refractivity contribution is 5.98. The van der Waals surface area contributed by atoms with Gasteiger partial charge in [0.25, 0.3) is 5.91 Å². The fourth-order valence-electron chi connectivity index (χ4n) is 3.23. The summed E-state index contributed by atoms with van der Waals surface area (Å²) in [6.07, 6.45) is 0. The first-order valence-electron chi connectivity index (χ1n) is 10.3. The van der Waals surface area contributed by atoms with Gasteiger partial charge < -0.3 is 5.32 Å². The van der Waals surface area contributed by atoms with Crippen LogP contribution in [0.4, 0.5) is 5.69 Å². The van der Waals surface area contributed by atoms with E-state index in [9.17, 15) is 9.59 Å². The summed E-state index contributed by atoms with van der Waals surface area (Å²) in [5.74, 6) is -0.537. The van der Waals surface area contributed by atoms with Crippen molar-refractivity contribution in [3.05, 3.63) is 102 Å². The normalized spacial score (nSPS) is 11.5. The molecule has 0 saturated heterocycles. The molecule has 2 N–H and O–H groups in total. The third-order valence-electron chi connectivity index (χ3n) is 4.96. The molecular formula is C26H27N3O2. The third-order valence-corrected chi connectivity index (χ3v) is 4.96. The van der Waals surface area contributed by atoms with Crippen molar-refractivity contribution < 1.29 is 9.59 Å². The van der Waals surface area contributed by atoms with Gasteiger partial charge in [-0.15, -0.1) is 0 Å². The number of anilines is 1. The Morgan fingerprint density at radius 2 is 1.29 bits per heavy atom. The van der Waals surface area contributed by atoms with Gasteiger partial charge in [-0.3, -0.25) is 9.59 Å². The van der Waals surface area contributed by atoms with E-state index in [1.165, 1.54) is 0 Å². The number of nitrogens with zero attached hydrogens (tertiary/aromatic N) is 1. The zero-order valence-electron chi connectivity index (χ0n) is 18.0. The number of hydrogen-bond acceptors (Lipinski definition) is 3. The van der Waals surface area contributed by atoms with Crippen molar-refractivity contribution in [2.75, 3.05) is 5.32 Å². The lowest BCUT2D eigenvalue weighted by molar-refractivity contribution is -0.118. The van der Waals surface area contributed by atoms with Gasteiger partial charge in [0.05, 0.1) is 0 Å². The van der Waals surface area contributed by atoms with E-state index in [2.05, 4.69) is 40.1 Å². The zero-order chi connectivity index (χ0) is 22.2. The molecule has 0 fully saturated rings. The van der Waals surface area contributed by atoms with Gasteiger partial charge in [0, 0.05) is 28.8 Å². The van der Waals surface area contributed by atoms with Gasteiger partial charge in [0.15, 0.2) is 0 Å². The van der Waals surface area contributed by atoms with Crippen LogP contribution in [0.1, 0.15) is 48.2 Å².